The van der Waals surface area contributed by atoms with Gasteiger partial charge in [0.15, 0.2) is 5.78 Å². The lowest BCUT2D eigenvalue weighted by atomic mass is 10.1. The SMILES string of the molecule is CC(=O)c1cccc(NS(=O)(=O)c2cc(Br)cc3c2N(C(C)=O)[C@@H](C)C3)c1. The number of Topliss-reactive ketones (excluding diaryl/α,β-unsaturated/α-hetero) is 1. The van der Waals surface area contributed by atoms with Crippen LogP contribution < -0.4 is 9.62 Å². The van der Waals surface area contributed by atoms with Crippen LogP contribution in [0.2, 0.25) is 0 Å². The standard InChI is InChI=1S/C19H19BrN2O4S/c1-11-7-15-8-16(20)10-18(19(15)22(11)13(3)24)27(25,26)21-17-6-4-5-14(9-17)12(2)23/h4-6,8-11,21H,7H2,1-3H3/t11-/m0/s1. The van der Waals surface area contributed by atoms with Gasteiger partial charge in [-0.2, -0.15) is 0 Å². The third-order valence-corrected chi connectivity index (χ3v) is 6.32. The second-order valence-corrected chi connectivity index (χ2v) is 9.16. The maximum Gasteiger partial charge on any atom is 0.264 e. The third kappa shape index (κ3) is 3.77. The van der Waals surface area contributed by atoms with E-state index in [1.165, 1.54) is 30.9 Å². The second kappa shape index (κ2) is 7.09. The number of nitrogens with zero attached hydrogens (tertiary/aromatic N) is 1. The largest absolute Gasteiger partial charge is 0.308 e. The summed E-state index contributed by atoms with van der Waals surface area (Å²) in [7, 11) is -3.98. The van der Waals surface area contributed by atoms with Gasteiger partial charge in [0.2, 0.25) is 5.91 Å². The molecule has 0 saturated heterocycles. The van der Waals surface area contributed by atoms with Crippen molar-refractivity contribution in [2.45, 2.75) is 38.1 Å². The molecule has 1 atom stereocenters. The van der Waals surface area contributed by atoms with Crippen LogP contribution >= 0.6 is 15.9 Å². The smallest absolute Gasteiger partial charge is 0.264 e. The highest BCUT2D eigenvalue weighted by atomic mass is 79.9. The molecule has 1 aliphatic heterocycles. The molecule has 27 heavy (non-hydrogen) atoms. The highest BCUT2D eigenvalue weighted by molar-refractivity contribution is 9.10. The Morgan fingerprint density at radius 2 is 1.89 bits per heavy atom. The molecule has 0 aromatic heterocycles. The summed E-state index contributed by atoms with van der Waals surface area (Å²) in [5.41, 5.74) is 1.91. The summed E-state index contributed by atoms with van der Waals surface area (Å²) < 4.78 is 29.4. The number of benzene rings is 2. The Morgan fingerprint density at radius 3 is 2.52 bits per heavy atom. The number of carbonyl (C=O) groups excluding carboxylic acids is 2. The van der Waals surface area contributed by atoms with Gasteiger partial charge in [-0.25, -0.2) is 8.42 Å². The van der Waals surface area contributed by atoms with Crippen molar-refractivity contribution < 1.29 is 18.0 Å². The summed E-state index contributed by atoms with van der Waals surface area (Å²) in [6.07, 6.45) is 0.580. The van der Waals surface area contributed by atoms with Gasteiger partial charge in [0.1, 0.15) is 4.90 Å². The Bertz CT molecular complexity index is 1050. The summed E-state index contributed by atoms with van der Waals surface area (Å²) in [5.74, 6) is -0.366. The lowest BCUT2D eigenvalue weighted by molar-refractivity contribution is -0.116. The summed E-state index contributed by atoms with van der Waals surface area (Å²) in [4.78, 5) is 25.2. The van der Waals surface area contributed by atoms with Crippen LogP contribution in [0.3, 0.4) is 0 Å². The molecular formula is C19H19BrN2O4S. The highest BCUT2D eigenvalue weighted by Gasteiger charge is 2.35. The lowest BCUT2D eigenvalue weighted by Crippen LogP contribution is -2.34. The molecule has 0 bridgehead atoms. The van der Waals surface area contributed by atoms with Crippen LogP contribution in [0.1, 0.15) is 36.7 Å². The second-order valence-electron chi connectivity index (χ2n) is 6.60. The number of rotatable bonds is 4. The van der Waals surface area contributed by atoms with Gasteiger partial charge in [-0.05, 0) is 50.1 Å². The van der Waals surface area contributed by atoms with Gasteiger partial charge in [-0.3, -0.25) is 14.3 Å². The molecule has 0 radical (unpaired) electrons. The molecule has 8 heteroatoms. The Kier molecular flexibility index (Phi) is 5.14. The van der Waals surface area contributed by atoms with Crippen LogP contribution in [0.5, 0.6) is 0 Å². The van der Waals surface area contributed by atoms with Crippen LogP contribution in [-0.2, 0) is 21.2 Å². The van der Waals surface area contributed by atoms with Gasteiger partial charge in [-0.15, -0.1) is 0 Å². The first-order chi connectivity index (χ1) is 12.6. The van der Waals surface area contributed by atoms with E-state index in [1.807, 2.05) is 13.0 Å². The van der Waals surface area contributed by atoms with E-state index < -0.39 is 10.0 Å². The molecule has 6 nitrogen and oxygen atoms in total. The van der Waals surface area contributed by atoms with Crippen LogP contribution in [0.25, 0.3) is 0 Å². The number of fused-ring (bicyclic) bond motifs is 1. The molecule has 0 unspecified atom stereocenters. The molecule has 1 N–H and O–H groups in total. The van der Waals surface area contributed by atoms with Crippen molar-refractivity contribution in [3.63, 3.8) is 0 Å². The van der Waals surface area contributed by atoms with Crippen molar-refractivity contribution in [1.29, 1.82) is 0 Å². The van der Waals surface area contributed by atoms with Gasteiger partial charge < -0.3 is 4.90 Å². The molecule has 1 heterocycles. The van der Waals surface area contributed by atoms with Crippen LogP contribution in [0.4, 0.5) is 11.4 Å². The maximum absolute atomic E-state index is 13.1. The highest BCUT2D eigenvalue weighted by Crippen LogP contribution is 2.40. The number of amides is 1. The number of sulfonamides is 1. The number of hydrogen-bond acceptors (Lipinski definition) is 4. The number of halogens is 1. The van der Waals surface area contributed by atoms with Crippen molar-refractivity contribution in [3.05, 3.63) is 52.0 Å². The number of nitrogens with one attached hydrogen (secondary N) is 1. The van der Waals surface area contributed by atoms with E-state index in [9.17, 15) is 18.0 Å². The van der Waals surface area contributed by atoms with Crippen molar-refractivity contribution in [2.75, 3.05) is 9.62 Å². The van der Waals surface area contributed by atoms with E-state index >= 15 is 0 Å². The maximum atomic E-state index is 13.1. The molecule has 2 aromatic rings. The van der Waals surface area contributed by atoms with Gasteiger partial charge >= 0.3 is 0 Å². The zero-order valence-electron chi connectivity index (χ0n) is 15.1. The summed E-state index contributed by atoms with van der Waals surface area (Å²) >= 11 is 3.36. The minimum Gasteiger partial charge on any atom is -0.308 e. The van der Waals surface area contributed by atoms with Crippen LogP contribution in [0, 0.1) is 0 Å². The fourth-order valence-corrected chi connectivity index (χ4v) is 5.34. The summed E-state index contributed by atoms with van der Waals surface area (Å²) in [6.45, 7) is 4.73. The first-order valence-corrected chi connectivity index (χ1v) is 10.6. The molecule has 1 aliphatic rings. The van der Waals surface area contributed by atoms with Gasteiger partial charge in [0.05, 0.1) is 5.69 Å². The predicted molar refractivity (Wildman–Crippen MR) is 108 cm³/mol. The molecule has 2 aromatic carbocycles. The molecule has 0 fully saturated rings. The van der Waals surface area contributed by atoms with Crippen molar-refractivity contribution in [2.24, 2.45) is 0 Å². The first kappa shape index (κ1) is 19.6. The monoisotopic (exact) mass is 450 g/mol. The normalized spacial score (nSPS) is 16.1. The summed E-state index contributed by atoms with van der Waals surface area (Å²) in [5, 5.41) is 0. The van der Waals surface area contributed by atoms with Crippen LogP contribution in [-0.4, -0.2) is 26.2 Å². The van der Waals surface area contributed by atoms with Crippen molar-refractivity contribution in [1.82, 2.24) is 0 Å². The van der Waals surface area contributed by atoms with E-state index in [4.69, 9.17) is 0 Å². The fourth-order valence-electron chi connectivity index (χ4n) is 3.37. The molecule has 0 spiro atoms. The topological polar surface area (TPSA) is 83.6 Å². The van der Waals surface area contributed by atoms with Gasteiger partial charge in [0, 0.05) is 28.7 Å². The van der Waals surface area contributed by atoms with Crippen molar-refractivity contribution in [3.8, 4) is 0 Å². The minimum absolute atomic E-state index is 0.0275. The predicted octanol–water partition coefficient (Wildman–Crippen LogP) is 3.75. The Morgan fingerprint density at radius 1 is 1.19 bits per heavy atom. The molecule has 0 aliphatic carbocycles. The Hall–Kier alpha value is -2.19. The zero-order valence-corrected chi connectivity index (χ0v) is 17.5. The minimum atomic E-state index is -3.98. The van der Waals surface area contributed by atoms with E-state index in [2.05, 4.69) is 20.7 Å². The molecule has 1 amide bonds. The van der Waals surface area contributed by atoms with Crippen LogP contribution in [0.15, 0.2) is 45.8 Å². The first-order valence-electron chi connectivity index (χ1n) is 8.36. The Labute approximate surface area is 166 Å². The van der Waals surface area contributed by atoms with E-state index in [0.29, 0.717) is 22.1 Å². The fraction of sp³-hybridized carbons (Fsp3) is 0.263. The average Bonchev–Trinajstić information content (AvgIpc) is 2.89. The number of anilines is 2. The van der Waals surface area contributed by atoms with Gasteiger partial charge in [-0.1, -0.05) is 28.1 Å². The van der Waals surface area contributed by atoms with Gasteiger partial charge in [0.25, 0.3) is 10.0 Å². The van der Waals surface area contributed by atoms with E-state index in [0.717, 1.165) is 5.56 Å². The molecule has 3 rings (SSSR count). The zero-order chi connectivity index (χ0) is 19.9. The third-order valence-electron chi connectivity index (χ3n) is 4.47. The quantitative estimate of drug-likeness (QED) is 0.718. The van der Waals surface area contributed by atoms with E-state index in [1.54, 1.807) is 18.2 Å². The summed E-state index contributed by atoms with van der Waals surface area (Å²) in [6, 6.07) is 9.51. The number of carbonyl (C=O) groups is 2. The molecular weight excluding hydrogens is 432 g/mol. The number of ketones is 1. The lowest BCUT2D eigenvalue weighted by Gasteiger charge is -2.23. The van der Waals surface area contributed by atoms with Crippen molar-refractivity contribution >= 4 is 49.0 Å². The number of hydrogen-bond donors (Lipinski definition) is 1. The average molecular weight is 451 g/mol. The molecule has 142 valence electrons. The Balaban J connectivity index is 2.10. The van der Waals surface area contributed by atoms with E-state index in [-0.39, 0.29) is 28.3 Å². The molecule has 0 saturated carbocycles.